The van der Waals surface area contributed by atoms with E-state index in [0.29, 0.717) is 6.04 Å². The standard InChI is InChI=1S/C11H19NO2S/c1-9(6-10-4-5-15-8-10)12-7-11(13-2)14-3/h4-5,8-9,11-12H,6-7H2,1-3H3. The van der Waals surface area contributed by atoms with Crippen LogP contribution < -0.4 is 5.32 Å². The second-order valence-corrected chi connectivity index (χ2v) is 4.33. The first-order valence-electron chi connectivity index (χ1n) is 5.06. The van der Waals surface area contributed by atoms with Crippen molar-refractivity contribution in [2.24, 2.45) is 0 Å². The molecule has 0 aliphatic rings. The Labute approximate surface area is 95.4 Å². The summed E-state index contributed by atoms with van der Waals surface area (Å²) >= 11 is 1.74. The summed E-state index contributed by atoms with van der Waals surface area (Å²) in [6.07, 6.45) is 0.888. The van der Waals surface area contributed by atoms with Gasteiger partial charge in [0.25, 0.3) is 0 Å². The summed E-state index contributed by atoms with van der Waals surface area (Å²) in [5.41, 5.74) is 1.38. The molecule has 0 aliphatic carbocycles. The first kappa shape index (κ1) is 12.6. The fourth-order valence-corrected chi connectivity index (χ4v) is 2.08. The van der Waals surface area contributed by atoms with Crippen molar-refractivity contribution in [1.82, 2.24) is 5.32 Å². The molecular weight excluding hydrogens is 210 g/mol. The molecule has 15 heavy (non-hydrogen) atoms. The highest BCUT2D eigenvalue weighted by Crippen LogP contribution is 2.08. The van der Waals surface area contributed by atoms with Crippen molar-refractivity contribution < 1.29 is 9.47 Å². The fourth-order valence-electron chi connectivity index (χ4n) is 1.39. The molecule has 0 aromatic carbocycles. The lowest BCUT2D eigenvalue weighted by molar-refractivity contribution is -0.0996. The van der Waals surface area contributed by atoms with Gasteiger partial charge in [0.1, 0.15) is 0 Å². The molecule has 0 bridgehead atoms. The zero-order chi connectivity index (χ0) is 11.1. The Balaban J connectivity index is 2.21. The molecule has 0 aliphatic heterocycles. The van der Waals surface area contributed by atoms with E-state index in [2.05, 4.69) is 29.1 Å². The number of ether oxygens (including phenoxy) is 2. The van der Waals surface area contributed by atoms with E-state index >= 15 is 0 Å². The van der Waals surface area contributed by atoms with E-state index in [1.165, 1.54) is 5.56 Å². The number of hydrogen-bond donors (Lipinski definition) is 1. The van der Waals surface area contributed by atoms with E-state index in [9.17, 15) is 0 Å². The monoisotopic (exact) mass is 229 g/mol. The van der Waals surface area contributed by atoms with Crippen molar-refractivity contribution in [1.29, 1.82) is 0 Å². The minimum atomic E-state index is -0.157. The number of methoxy groups -OCH3 is 2. The molecule has 0 amide bonds. The summed E-state index contributed by atoms with van der Waals surface area (Å²) < 4.78 is 10.2. The minimum absolute atomic E-state index is 0.157. The van der Waals surface area contributed by atoms with E-state index in [1.54, 1.807) is 25.6 Å². The molecule has 0 spiro atoms. The summed E-state index contributed by atoms with van der Waals surface area (Å²) in [5, 5.41) is 7.67. The number of rotatable bonds is 7. The van der Waals surface area contributed by atoms with Crippen molar-refractivity contribution in [3.8, 4) is 0 Å². The van der Waals surface area contributed by atoms with Crippen molar-refractivity contribution >= 4 is 11.3 Å². The maximum absolute atomic E-state index is 5.10. The lowest BCUT2D eigenvalue weighted by atomic mass is 10.1. The van der Waals surface area contributed by atoms with E-state index in [-0.39, 0.29) is 6.29 Å². The maximum Gasteiger partial charge on any atom is 0.169 e. The van der Waals surface area contributed by atoms with Gasteiger partial charge in [0.15, 0.2) is 6.29 Å². The van der Waals surface area contributed by atoms with Gasteiger partial charge in [0, 0.05) is 26.8 Å². The maximum atomic E-state index is 5.10. The van der Waals surface area contributed by atoms with E-state index < -0.39 is 0 Å². The molecule has 1 rings (SSSR count). The van der Waals surface area contributed by atoms with Gasteiger partial charge in [-0.2, -0.15) is 11.3 Å². The van der Waals surface area contributed by atoms with Crippen LogP contribution in [0.3, 0.4) is 0 Å². The summed E-state index contributed by atoms with van der Waals surface area (Å²) in [6, 6.07) is 2.60. The van der Waals surface area contributed by atoms with Crippen LogP contribution in [0.5, 0.6) is 0 Å². The molecule has 0 radical (unpaired) electrons. The SMILES string of the molecule is COC(CNC(C)Cc1ccsc1)OC. The van der Waals surface area contributed by atoms with Crippen molar-refractivity contribution in [3.63, 3.8) is 0 Å². The smallest absolute Gasteiger partial charge is 0.169 e. The molecule has 3 nitrogen and oxygen atoms in total. The highest BCUT2D eigenvalue weighted by atomic mass is 32.1. The Morgan fingerprint density at radius 2 is 2.13 bits per heavy atom. The Morgan fingerprint density at radius 3 is 2.67 bits per heavy atom. The highest BCUT2D eigenvalue weighted by Gasteiger charge is 2.08. The van der Waals surface area contributed by atoms with Crippen LogP contribution in [0.15, 0.2) is 16.8 Å². The third-order valence-electron chi connectivity index (χ3n) is 2.28. The van der Waals surface area contributed by atoms with Crippen LogP contribution in [0.1, 0.15) is 12.5 Å². The van der Waals surface area contributed by atoms with E-state index in [0.717, 1.165) is 13.0 Å². The second-order valence-electron chi connectivity index (χ2n) is 3.55. The third kappa shape index (κ3) is 4.75. The van der Waals surface area contributed by atoms with Gasteiger partial charge < -0.3 is 14.8 Å². The van der Waals surface area contributed by atoms with Crippen molar-refractivity contribution in [2.75, 3.05) is 20.8 Å². The fraction of sp³-hybridized carbons (Fsp3) is 0.636. The summed E-state index contributed by atoms with van der Waals surface area (Å²) in [6.45, 7) is 2.89. The molecule has 1 atom stereocenters. The van der Waals surface area contributed by atoms with Gasteiger partial charge in [-0.1, -0.05) is 0 Å². The molecule has 0 fully saturated rings. The number of nitrogens with one attached hydrogen (secondary N) is 1. The van der Waals surface area contributed by atoms with Crippen LogP contribution in [0.4, 0.5) is 0 Å². The van der Waals surface area contributed by atoms with Crippen LogP contribution >= 0.6 is 11.3 Å². The van der Waals surface area contributed by atoms with Gasteiger partial charge in [-0.15, -0.1) is 0 Å². The third-order valence-corrected chi connectivity index (χ3v) is 3.01. The van der Waals surface area contributed by atoms with Crippen LogP contribution in [-0.4, -0.2) is 33.1 Å². The minimum Gasteiger partial charge on any atom is -0.355 e. The Kier molecular flexibility index (Phi) is 5.86. The largest absolute Gasteiger partial charge is 0.355 e. The van der Waals surface area contributed by atoms with E-state index in [1.807, 2.05) is 0 Å². The summed E-state index contributed by atoms with van der Waals surface area (Å²) in [5.74, 6) is 0. The highest BCUT2D eigenvalue weighted by molar-refractivity contribution is 7.07. The summed E-state index contributed by atoms with van der Waals surface area (Å²) in [4.78, 5) is 0. The quantitative estimate of drug-likeness (QED) is 0.724. The van der Waals surface area contributed by atoms with Crippen LogP contribution in [-0.2, 0) is 15.9 Å². The van der Waals surface area contributed by atoms with Crippen LogP contribution in [0, 0.1) is 0 Å². The second kappa shape index (κ2) is 6.95. The van der Waals surface area contributed by atoms with Gasteiger partial charge in [0.05, 0.1) is 0 Å². The molecule has 1 unspecified atom stereocenters. The molecule has 1 heterocycles. The Hall–Kier alpha value is -0.420. The van der Waals surface area contributed by atoms with Gasteiger partial charge in [0.2, 0.25) is 0 Å². The van der Waals surface area contributed by atoms with Gasteiger partial charge in [-0.05, 0) is 35.7 Å². The average Bonchev–Trinajstić information content (AvgIpc) is 2.72. The van der Waals surface area contributed by atoms with Gasteiger partial charge in [-0.3, -0.25) is 0 Å². The van der Waals surface area contributed by atoms with Crippen LogP contribution in [0.2, 0.25) is 0 Å². The normalized spacial score (nSPS) is 13.3. The van der Waals surface area contributed by atoms with Gasteiger partial charge in [-0.25, -0.2) is 0 Å². The zero-order valence-electron chi connectivity index (χ0n) is 9.53. The lowest BCUT2D eigenvalue weighted by Crippen LogP contribution is -2.36. The number of thiophene rings is 1. The zero-order valence-corrected chi connectivity index (χ0v) is 10.3. The lowest BCUT2D eigenvalue weighted by Gasteiger charge is -2.18. The predicted molar refractivity (Wildman–Crippen MR) is 63.3 cm³/mol. The molecule has 0 saturated heterocycles. The molecular formula is C11H19NO2S. The molecule has 1 N–H and O–H groups in total. The first-order valence-corrected chi connectivity index (χ1v) is 6.00. The first-order chi connectivity index (χ1) is 7.26. The molecule has 1 aromatic rings. The molecule has 0 saturated carbocycles. The average molecular weight is 229 g/mol. The van der Waals surface area contributed by atoms with Crippen molar-refractivity contribution in [2.45, 2.75) is 25.7 Å². The van der Waals surface area contributed by atoms with E-state index in [4.69, 9.17) is 9.47 Å². The Bertz CT molecular complexity index is 247. The van der Waals surface area contributed by atoms with Crippen LogP contribution in [0.25, 0.3) is 0 Å². The number of hydrogen-bond acceptors (Lipinski definition) is 4. The summed E-state index contributed by atoms with van der Waals surface area (Å²) in [7, 11) is 3.30. The topological polar surface area (TPSA) is 30.5 Å². The molecule has 4 heteroatoms. The molecule has 86 valence electrons. The molecule has 1 aromatic heterocycles. The predicted octanol–water partition coefficient (Wildman–Crippen LogP) is 1.89. The van der Waals surface area contributed by atoms with Gasteiger partial charge >= 0.3 is 0 Å². The van der Waals surface area contributed by atoms with Crippen molar-refractivity contribution in [3.05, 3.63) is 22.4 Å². The Morgan fingerprint density at radius 1 is 1.40 bits per heavy atom.